The Morgan fingerprint density at radius 1 is 1.07 bits per heavy atom. The van der Waals surface area contributed by atoms with E-state index in [9.17, 15) is 4.79 Å². The third-order valence-electron chi connectivity index (χ3n) is 6.48. The van der Waals surface area contributed by atoms with Gasteiger partial charge in [-0.05, 0) is 37.8 Å². The minimum atomic E-state index is -0.103. The van der Waals surface area contributed by atoms with Gasteiger partial charge in [0.05, 0.1) is 5.41 Å². The van der Waals surface area contributed by atoms with Gasteiger partial charge in [-0.3, -0.25) is 9.69 Å². The molecule has 3 aliphatic rings. The summed E-state index contributed by atoms with van der Waals surface area (Å²) in [7, 11) is 0. The molecule has 0 amide bonds. The summed E-state index contributed by atoms with van der Waals surface area (Å²) in [6, 6.07) is 8.65. The zero-order chi connectivity index (χ0) is 19.3. The minimum Gasteiger partial charge on any atom is -0.462 e. The van der Waals surface area contributed by atoms with E-state index < -0.39 is 0 Å². The fourth-order valence-corrected chi connectivity index (χ4v) is 4.92. The molecule has 3 fully saturated rings. The highest BCUT2D eigenvalue weighted by Gasteiger charge is 2.50. The molecule has 4 rings (SSSR count). The first kappa shape index (κ1) is 20.2. The van der Waals surface area contributed by atoms with E-state index in [2.05, 4.69) is 41.0 Å². The van der Waals surface area contributed by atoms with Gasteiger partial charge in [-0.15, -0.1) is 0 Å². The summed E-state index contributed by atoms with van der Waals surface area (Å²) >= 11 is 0. The Morgan fingerprint density at radius 2 is 1.74 bits per heavy atom. The number of nitrogens with zero attached hydrogens (tertiary/aromatic N) is 2. The van der Waals surface area contributed by atoms with Gasteiger partial charge in [0.1, 0.15) is 6.10 Å². The van der Waals surface area contributed by atoms with Crippen molar-refractivity contribution in [3.8, 4) is 0 Å². The van der Waals surface area contributed by atoms with E-state index in [1.165, 1.54) is 24.1 Å². The van der Waals surface area contributed by atoms with E-state index in [1.807, 2.05) is 13.8 Å². The number of aryl methyl sites for hydroxylation is 1. The predicted molar refractivity (Wildman–Crippen MR) is 111 cm³/mol. The molecule has 1 saturated carbocycles. The lowest BCUT2D eigenvalue weighted by atomic mass is 9.83. The van der Waals surface area contributed by atoms with Crippen molar-refractivity contribution in [2.24, 2.45) is 5.41 Å². The Balaban J connectivity index is 0.00000102. The number of benzene rings is 1. The Hall–Kier alpha value is -1.55. The van der Waals surface area contributed by atoms with Gasteiger partial charge in [-0.25, -0.2) is 0 Å². The zero-order valence-corrected chi connectivity index (χ0v) is 17.4. The molecular weight excluding hydrogens is 336 g/mol. The third-order valence-corrected chi connectivity index (χ3v) is 6.48. The Morgan fingerprint density at radius 3 is 2.41 bits per heavy atom. The van der Waals surface area contributed by atoms with Gasteiger partial charge in [0.25, 0.3) is 0 Å². The van der Waals surface area contributed by atoms with E-state index in [0.717, 1.165) is 58.4 Å². The summed E-state index contributed by atoms with van der Waals surface area (Å²) in [5.41, 5.74) is 2.62. The lowest BCUT2D eigenvalue weighted by Gasteiger charge is -2.37. The van der Waals surface area contributed by atoms with E-state index in [0.29, 0.717) is 0 Å². The molecular formula is C23H36N2O2. The average molecular weight is 373 g/mol. The predicted octanol–water partition coefficient (Wildman–Crippen LogP) is 4.41. The van der Waals surface area contributed by atoms with Crippen LogP contribution in [0.1, 0.15) is 57.9 Å². The van der Waals surface area contributed by atoms with Gasteiger partial charge in [0, 0.05) is 44.8 Å². The lowest BCUT2D eigenvalue weighted by molar-refractivity contribution is -0.148. The lowest BCUT2D eigenvalue weighted by Crippen LogP contribution is -2.47. The number of para-hydroxylation sites is 1. The molecule has 2 aliphatic heterocycles. The molecule has 0 N–H and O–H groups in total. The molecule has 1 unspecified atom stereocenters. The van der Waals surface area contributed by atoms with E-state index >= 15 is 0 Å². The molecule has 150 valence electrons. The number of cyclic esters (lactones) is 1. The molecule has 0 bridgehead atoms. The fourth-order valence-electron chi connectivity index (χ4n) is 4.92. The first-order chi connectivity index (χ1) is 13.2. The summed E-state index contributed by atoms with van der Waals surface area (Å²) < 4.78 is 5.72. The van der Waals surface area contributed by atoms with Crippen molar-refractivity contribution >= 4 is 11.7 Å². The zero-order valence-electron chi connectivity index (χ0n) is 17.4. The van der Waals surface area contributed by atoms with Gasteiger partial charge in [-0.2, -0.15) is 0 Å². The first-order valence-electron chi connectivity index (χ1n) is 10.9. The summed E-state index contributed by atoms with van der Waals surface area (Å²) in [5, 5.41) is 0. The van der Waals surface area contributed by atoms with Crippen LogP contribution in [-0.4, -0.2) is 49.7 Å². The van der Waals surface area contributed by atoms with Crippen LogP contribution >= 0.6 is 0 Å². The number of hydrogen-bond donors (Lipinski definition) is 0. The van der Waals surface area contributed by atoms with Crippen LogP contribution < -0.4 is 4.90 Å². The normalized spacial score (nSPS) is 24.6. The Kier molecular flexibility index (Phi) is 6.80. The molecule has 1 atom stereocenters. The van der Waals surface area contributed by atoms with Crippen molar-refractivity contribution < 1.29 is 9.53 Å². The molecule has 2 heterocycles. The molecule has 2 saturated heterocycles. The minimum absolute atomic E-state index is 0.0966. The van der Waals surface area contributed by atoms with Crippen molar-refractivity contribution in [3.05, 3.63) is 29.8 Å². The number of ether oxygens (including phenoxy) is 1. The topological polar surface area (TPSA) is 32.8 Å². The quantitative estimate of drug-likeness (QED) is 0.733. The second kappa shape index (κ2) is 9.09. The number of piperazine rings is 1. The maximum Gasteiger partial charge on any atom is 0.312 e. The second-order valence-corrected chi connectivity index (χ2v) is 8.12. The number of carbonyl (C=O) groups is 1. The monoisotopic (exact) mass is 372 g/mol. The van der Waals surface area contributed by atoms with Crippen molar-refractivity contribution in [3.63, 3.8) is 0 Å². The van der Waals surface area contributed by atoms with Crippen LogP contribution in [0, 0.1) is 12.3 Å². The largest absolute Gasteiger partial charge is 0.462 e. The van der Waals surface area contributed by atoms with Crippen LogP contribution in [0.2, 0.25) is 0 Å². The highest BCUT2D eigenvalue weighted by molar-refractivity contribution is 5.79. The van der Waals surface area contributed by atoms with Crippen LogP contribution in [0.15, 0.2) is 24.3 Å². The number of anilines is 1. The van der Waals surface area contributed by atoms with Crippen LogP contribution in [0.3, 0.4) is 0 Å². The molecule has 1 aliphatic carbocycles. The second-order valence-electron chi connectivity index (χ2n) is 8.12. The van der Waals surface area contributed by atoms with Gasteiger partial charge in [0.2, 0.25) is 0 Å². The molecule has 1 aromatic rings. The van der Waals surface area contributed by atoms with Crippen LogP contribution in [-0.2, 0) is 9.53 Å². The van der Waals surface area contributed by atoms with E-state index in [4.69, 9.17) is 4.74 Å². The third kappa shape index (κ3) is 4.48. The van der Waals surface area contributed by atoms with Crippen molar-refractivity contribution in [1.29, 1.82) is 0 Å². The summed E-state index contributed by atoms with van der Waals surface area (Å²) in [4.78, 5) is 17.3. The first-order valence-corrected chi connectivity index (χ1v) is 10.9. The number of carbonyl (C=O) groups excluding carboxylic acids is 1. The number of esters is 1. The molecule has 1 spiro atoms. The molecule has 27 heavy (non-hydrogen) atoms. The summed E-state index contributed by atoms with van der Waals surface area (Å²) in [6.07, 6.45) is 6.62. The molecule has 0 aromatic heterocycles. The summed E-state index contributed by atoms with van der Waals surface area (Å²) in [6.45, 7) is 11.6. The van der Waals surface area contributed by atoms with Crippen LogP contribution in [0.25, 0.3) is 0 Å². The van der Waals surface area contributed by atoms with Crippen LogP contribution in [0.4, 0.5) is 5.69 Å². The van der Waals surface area contributed by atoms with Gasteiger partial charge in [-0.1, -0.05) is 44.9 Å². The molecule has 1 aromatic carbocycles. The number of hydrogen-bond acceptors (Lipinski definition) is 4. The highest BCUT2D eigenvalue weighted by atomic mass is 16.6. The summed E-state index contributed by atoms with van der Waals surface area (Å²) in [5.74, 6) is 0.0966. The molecule has 4 nitrogen and oxygen atoms in total. The van der Waals surface area contributed by atoms with E-state index in [1.54, 1.807) is 0 Å². The average Bonchev–Trinajstić information content (AvgIpc) is 3.30. The molecule has 4 heteroatoms. The SMILES string of the molecule is CC.Cc1ccccc1N1CCN(CCC2CC3(CCCC3)C(=O)O2)CC1. The molecule has 0 radical (unpaired) electrons. The van der Waals surface area contributed by atoms with Crippen molar-refractivity contribution in [2.45, 2.75) is 65.4 Å². The van der Waals surface area contributed by atoms with Crippen molar-refractivity contribution in [2.75, 3.05) is 37.6 Å². The standard InChI is InChI=1S/C21H30N2O2.C2H6/c1-17-6-2-3-7-19(17)23-14-12-22(13-15-23)11-8-18-16-21(20(24)25-18)9-4-5-10-21;1-2/h2-3,6-7,18H,4-5,8-16H2,1H3;1-2H3. The van der Waals surface area contributed by atoms with Gasteiger partial charge in [0.15, 0.2) is 0 Å². The Bertz CT molecular complexity index is 617. The fraction of sp³-hybridized carbons (Fsp3) is 0.696. The number of rotatable bonds is 4. The Labute approximate surface area is 164 Å². The van der Waals surface area contributed by atoms with Gasteiger partial charge < -0.3 is 9.64 Å². The maximum atomic E-state index is 12.2. The smallest absolute Gasteiger partial charge is 0.312 e. The maximum absolute atomic E-state index is 12.2. The van der Waals surface area contributed by atoms with Gasteiger partial charge >= 0.3 is 5.97 Å². The highest BCUT2D eigenvalue weighted by Crippen LogP contribution is 2.48. The van der Waals surface area contributed by atoms with Crippen molar-refractivity contribution in [1.82, 2.24) is 4.90 Å². The van der Waals surface area contributed by atoms with E-state index in [-0.39, 0.29) is 17.5 Å². The van der Waals surface area contributed by atoms with Crippen LogP contribution in [0.5, 0.6) is 0 Å².